The summed E-state index contributed by atoms with van der Waals surface area (Å²) in [7, 11) is 1.77. The minimum atomic E-state index is -1.59. The van der Waals surface area contributed by atoms with Gasteiger partial charge in [0.2, 0.25) is 11.5 Å². The van der Waals surface area contributed by atoms with E-state index in [-0.39, 0.29) is 17.8 Å². The third-order valence-corrected chi connectivity index (χ3v) is 6.00. The lowest BCUT2D eigenvalue weighted by molar-refractivity contribution is 0.0528. The Morgan fingerprint density at radius 1 is 1.43 bits per heavy atom. The van der Waals surface area contributed by atoms with E-state index in [4.69, 9.17) is 10.5 Å². The highest BCUT2D eigenvalue weighted by atomic mass is 32.2. The molecule has 0 radical (unpaired) electrons. The summed E-state index contributed by atoms with van der Waals surface area (Å²) in [5.74, 6) is 1.35. The molecular formula is C20H24N6O3S. The van der Waals surface area contributed by atoms with Gasteiger partial charge in [-0.3, -0.25) is 4.79 Å². The van der Waals surface area contributed by atoms with Crippen molar-refractivity contribution in [2.75, 3.05) is 30.2 Å². The van der Waals surface area contributed by atoms with Gasteiger partial charge in [0, 0.05) is 25.4 Å². The summed E-state index contributed by atoms with van der Waals surface area (Å²) in [6.45, 7) is 1.02. The molecule has 0 saturated carbocycles. The number of piperidine rings is 1. The number of carbonyl (C=O) groups is 1. The summed E-state index contributed by atoms with van der Waals surface area (Å²) < 4.78 is 24.4. The number of ether oxygens (including phenoxy) is 1. The zero-order valence-corrected chi connectivity index (χ0v) is 17.4. The molecule has 2 aliphatic heterocycles. The Hall–Kier alpha value is -2.98. The number of benzene rings is 1. The van der Waals surface area contributed by atoms with Gasteiger partial charge < -0.3 is 25.2 Å². The lowest BCUT2D eigenvalue weighted by Gasteiger charge is -2.36. The molecule has 2 unspecified atom stereocenters. The maximum absolute atomic E-state index is 13.1. The predicted octanol–water partition coefficient (Wildman–Crippen LogP) is 1.91. The highest BCUT2D eigenvalue weighted by Gasteiger charge is 2.30. The van der Waals surface area contributed by atoms with Crippen LogP contribution in [-0.2, 0) is 11.5 Å². The van der Waals surface area contributed by atoms with Gasteiger partial charge in [-0.1, -0.05) is 6.07 Å². The summed E-state index contributed by atoms with van der Waals surface area (Å²) in [6, 6.07) is 8.81. The fourth-order valence-electron chi connectivity index (χ4n) is 3.75. The van der Waals surface area contributed by atoms with Gasteiger partial charge in [-0.15, -0.1) is 0 Å². The number of likely N-dealkylation sites (tertiary alicyclic amines) is 1. The second-order valence-corrected chi connectivity index (χ2v) is 8.03. The van der Waals surface area contributed by atoms with E-state index in [1.807, 2.05) is 4.90 Å². The number of nitrogens with zero attached hydrogens (tertiary/aromatic N) is 3. The summed E-state index contributed by atoms with van der Waals surface area (Å²) in [5.41, 5.74) is 7.80. The average molecular weight is 429 g/mol. The lowest BCUT2D eigenvalue weighted by Crippen LogP contribution is -2.46. The van der Waals surface area contributed by atoms with Gasteiger partial charge in [-0.2, -0.15) is 4.72 Å². The number of aromatic nitrogens is 1. The van der Waals surface area contributed by atoms with Crippen LogP contribution < -0.4 is 20.5 Å². The molecule has 2 aliphatic rings. The number of nitrogens with one attached hydrogen (secondary N) is 2. The van der Waals surface area contributed by atoms with E-state index in [0.29, 0.717) is 41.5 Å². The third kappa shape index (κ3) is 4.14. The first-order chi connectivity index (χ1) is 14.6. The molecular weight excluding hydrogens is 404 g/mol. The van der Waals surface area contributed by atoms with E-state index in [2.05, 4.69) is 19.4 Å². The van der Waals surface area contributed by atoms with Crippen molar-refractivity contribution in [3.63, 3.8) is 0 Å². The fourth-order valence-corrected chi connectivity index (χ4v) is 4.42. The zero-order valence-electron chi connectivity index (χ0n) is 16.6. The van der Waals surface area contributed by atoms with Gasteiger partial charge in [0.25, 0.3) is 5.91 Å². The third-order valence-electron chi connectivity index (χ3n) is 5.24. The second kappa shape index (κ2) is 8.80. The van der Waals surface area contributed by atoms with Crippen molar-refractivity contribution in [1.82, 2.24) is 9.88 Å². The van der Waals surface area contributed by atoms with Crippen LogP contribution in [0.25, 0.3) is 0 Å². The van der Waals surface area contributed by atoms with Crippen molar-refractivity contribution in [3.05, 3.63) is 47.7 Å². The number of amides is 1. The monoisotopic (exact) mass is 428 g/mol. The van der Waals surface area contributed by atoms with Crippen LogP contribution in [0.3, 0.4) is 0 Å². The molecule has 10 heteroatoms. The van der Waals surface area contributed by atoms with Gasteiger partial charge >= 0.3 is 0 Å². The van der Waals surface area contributed by atoms with Crippen LogP contribution in [0.2, 0.25) is 0 Å². The van der Waals surface area contributed by atoms with Crippen molar-refractivity contribution in [2.45, 2.75) is 25.3 Å². The molecule has 2 atom stereocenters. The smallest absolute Gasteiger partial charge is 0.254 e. The first-order valence-corrected chi connectivity index (χ1v) is 10.9. The van der Waals surface area contributed by atoms with Gasteiger partial charge in [-0.25, -0.2) is 4.98 Å². The number of nitrogens with two attached hydrogens (primary N) is 1. The molecule has 30 heavy (non-hydrogen) atoms. The second-order valence-electron chi connectivity index (χ2n) is 7.15. The van der Waals surface area contributed by atoms with Crippen molar-refractivity contribution >= 4 is 34.8 Å². The maximum atomic E-state index is 13.1. The molecule has 2 aromatic rings. The summed E-state index contributed by atoms with van der Waals surface area (Å²) in [4.78, 5) is 19.2. The van der Waals surface area contributed by atoms with Crippen molar-refractivity contribution in [2.24, 2.45) is 10.1 Å². The number of rotatable bonds is 5. The number of hydrogen-bond donors (Lipinski definition) is 3. The van der Waals surface area contributed by atoms with Gasteiger partial charge in [-0.05, 0) is 47.9 Å². The molecule has 0 spiro atoms. The summed E-state index contributed by atoms with van der Waals surface area (Å²) >= 11 is -1.59. The van der Waals surface area contributed by atoms with Gasteiger partial charge in [0.15, 0.2) is 5.84 Å². The molecule has 1 aromatic carbocycles. The maximum Gasteiger partial charge on any atom is 0.254 e. The van der Waals surface area contributed by atoms with Crippen molar-refractivity contribution < 1.29 is 14.1 Å². The molecule has 1 aromatic heterocycles. The molecule has 0 aliphatic carbocycles. The number of carbonyl (C=O) groups excluding carboxylic acids is 1. The average Bonchev–Trinajstić information content (AvgIpc) is 2.77. The Morgan fingerprint density at radius 2 is 2.30 bits per heavy atom. The highest BCUT2D eigenvalue weighted by Crippen LogP contribution is 2.31. The van der Waals surface area contributed by atoms with E-state index < -0.39 is 11.5 Å². The molecule has 1 saturated heterocycles. The minimum absolute atomic E-state index is 0.0320. The van der Waals surface area contributed by atoms with Crippen LogP contribution in [-0.4, -0.2) is 52.4 Å². The number of pyridine rings is 1. The molecule has 4 N–H and O–H groups in total. The Bertz CT molecular complexity index is 969. The zero-order chi connectivity index (χ0) is 21.1. The SMILES string of the molecule is CNc1cc(C(=O)N2CCCCC2COc2cccc3c2C(N)=N[S+]([O-])N3)ccn1. The molecule has 9 nitrogen and oxygen atoms in total. The standard InChI is InChI=1S/C20H24N6O3S/c1-22-17-11-13(8-9-23-17)20(27)26-10-3-2-5-14(26)12-29-16-7-4-6-15-18(16)19(21)25-30(28)24-15/h4,6-9,11,14,24H,2-3,5,10,12H2,1H3,(H2,21,25)(H,22,23). The Labute approximate surface area is 178 Å². The highest BCUT2D eigenvalue weighted by molar-refractivity contribution is 7.91. The van der Waals surface area contributed by atoms with E-state index >= 15 is 0 Å². The molecule has 4 rings (SSSR count). The van der Waals surface area contributed by atoms with E-state index in [0.717, 1.165) is 19.3 Å². The van der Waals surface area contributed by atoms with E-state index in [1.54, 1.807) is 43.6 Å². The quantitative estimate of drug-likeness (QED) is 0.621. The largest absolute Gasteiger partial charge is 0.566 e. The Balaban J connectivity index is 1.51. The van der Waals surface area contributed by atoms with Crippen molar-refractivity contribution in [3.8, 4) is 5.75 Å². The lowest BCUT2D eigenvalue weighted by atomic mass is 10.0. The number of anilines is 2. The first-order valence-electron chi connectivity index (χ1n) is 9.80. The predicted molar refractivity (Wildman–Crippen MR) is 117 cm³/mol. The minimum Gasteiger partial charge on any atom is -0.566 e. The Morgan fingerprint density at radius 3 is 3.13 bits per heavy atom. The summed E-state index contributed by atoms with van der Waals surface area (Å²) in [6.07, 6.45) is 4.48. The van der Waals surface area contributed by atoms with Gasteiger partial charge in [0.1, 0.15) is 18.2 Å². The Kier molecular flexibility index (Phi) is 5.96. The number of hydrogen-bond acceptors (Lipinski definition) is 8. The van der Waals surface area contributed by atoms with Crippen LogP contribution in [0.1, 0.15) is 35.2 Å². The van der Waals surface area contributed by atoms with Crippen molar-refractivity contribution in [1.29, 1.82) is 0 Å². The first kappa shape index (κ1) is 20.3. The van der Waals surface area contributed by atoms with Crippen LogP contribution in [0, 0.1) is 0 Å². The van der Waals surface area contributed by atoms with Gasteiger partial charge in [0.05, 0.1) is 17.3 Å². The molecule has 3 heterocycles. The fraction of sp³-hybridized carbons (Fsp3) is 0.350. The summed E-state index contributed by atoms with van der Waals surface area (Å²) in [5, 5.41) is 2.96. The van der Waals surface area contributed by atoms with Crippen LogP contribution >= 0.6 is 0 Å². The molecule has 1 fully saturated rings. The molecule has 0 bridgehead atoms. The molecule has 1 amide bonds. The van der Waals surface area contributed by atoms with E-state index in [1.165, 1.54) is 0 Å². The van der Waals surface area contributed by atoms with Crippen LogP contribution in [0.4, 0.5) is 11.5 Å². The normalized spacial score (nSPS) is 20.6. The molecule has 158 valence electrons. The van der Waals surface area contributed by atoms with Crippen LogP contribution in [0.5, 0.6) is 5.75 Å². The van der Waals surface area contributed by atoms with E-state index in [9.17, 15) is 9.35 Å². The topological polar surface area (TPSA) is 128 Å². The number of fused-ring (bicyclic) bond motifs is 1. The van der Waals surface area contributed by atoms with Crippen LogP contribution in [0.15, 0.2) is 40.9 Å². The number of amidine groups is 1.